The van der Waals surface area contributed by atoms with Crippen molar-refractivity contribution in [1.29, 1.82) is 5.26 Å². The van der Waals surface area contributed by atoms with E-state index in [-0.39, 0.29) is 17.2 Å². The van der Waals surface area contributed by atoms with Crippen LogP contribution in [0, 0.1) is 17.2 Å². The van der Waals surface area contributed by atoms with Crippen LogP contribution in [0.1, 0.15) is 27.6 Å². The van der Waals surface area contributed by atoms with Gasteiger partial charge in [0.1, 0.15) is 0 Å². The monoisotopic (exact) mass is 381 g/mol. The molecule has 2 rings (SSSR count). The first-order valence-electron chi connectivity index (χ1n) is 6.97. The summed E-state index contributed by atoms with van der Waals surface area (Å²) in [5.74, 6) is -2.79. The Morgan fingerprint density at radius 1 is 1.29 bits per heavy atom. The van der Waals surface area contributed by atoms with Crippen LogP contribution in [0.2, 0.25) is 10.0 Å². The lowest BCUT2D eigenvalue weighted by atomic mass is 9.82. The number of benzene rings is 1. The van der Waals surface area contributed by atoms with E-state index >= 15 is 0 Å². The van der Waals surface area contributed by atoms with E-state index < -0.39 is 17.8 Å². The Kier molecular flexibility index (Phi) is 6.38. The Morgan fingerprint density at radius 2 is 2.04 bits per heavy atom. The van der Waals surface area contributed by atoms with Gasteiger partial charge in [0.25, 0.3) is 0 Å². The van der Waals surface area contributed by atoms with E-state index in [2.05, 4.69) is 0 Å². The summed E-state index contributed by atoms with van der Waals surface area (Å²) in [5, 5.41) is 11.7. The first kappa shape index (κ1) is 18.5. The van der Waals surface area contributed by atoms with Crippen LogP contribution >= 0.6 is 34.5 Å². The van der Waals surface area contributed by atoms with Crippen LogP contribution in [0.25, 0.3) is 0 Å². The summed E-state index contributed by atoms with van der Waals surface area (Å²) in [7, 11) is 1.20. The van der Waals surface area contributed by atoms with Crippen molar-refractivity contribution in [3.05, 3.63) is 56.2 Å². The van der Waals surface area contributed by atoms with Crippen LogP contribution in [0.5, 0.6) is 0 Å². The molecule has 2 atom stereocenters. The maximum Gasteiger partial charge on any atom is 0.323 e. The summed E-state index contributed by atoms with van der Waals surface area (Å²) in [4.78, 5) is 25.0. The first-order valence-corrected chi connectivity index (χ1v) is 8.61. The highest BCUT2D eigenvalue weighted by molar-refractivity contribution is 7.12. The van der Waals surface area contributed by atoms with Gasteiger partial charge in [-0.25, -0.2) is 0 Å². The third kappa shape index (κ3) is 3.96. The van der Waals surface area contributed by atoms with Crippen molar-refractivity contribution >= 4 is 46.3 Å². The molecule has 0 N–H and O–H groups in total. The van der Waals surface area contributed by atoms with E-state index in [1.54, 1.807) is 35.7 Å². The van der Waals surface area contributed by atoms with Crippen LogP contribution in [-0.2, 0) is 9.53 Å². The van der Waals surface area contributed by atoms with Crippen molar-refractivity contribution < 1.29 is 14.3 Å². The number of thiophene rings is 1. The highest BCUT2D eigenvalue weighted by Gasteiger charge is 2.34. The Bertz CT molecular complexity index is 784. The zero-order valence-corrected chi connectivity index (χ0v) is 15.0. The highest BCUT2D eigenvalue weighted by atomic mass is 35.5. The molecular formula is C17H13Cl2NO3S. The van der Waals surface area contributed by atoms with Crippen molar-refractivity contribution in [3.8, 4) is 6.07 Å². The fourth-order valence-corrected chi connectivity index (χ4v) is 3.51. The molecule has 0 spiro atoms. The molecule has 0 amide bonds. The number of carbonyl (C=O) groups is 2. The number of esters is 1. The number of nitrogens with zero attached hydrogens (tertiary/aromatic N) is 1. The van der Waals surface area contributed by atoms with Gasteiger partial charge in [0.05, 0.1) is 28.1 Å². The van der Waals surface area contributed by atoms with E-state index in [1.165, 1.54) is 18.4 Å². The summed E-state index contributed by atoms with van der Waals surface area (Å²) in [6.07, 6.45) is -0.0477. The van der Waals surface area contributed by atoms with Gasteiger partial charge in [0, 0.05) is 12.3 Å². The van der Waals surface area contributed by atoms with E-state index in [9.17, 15) is 14.9 Å². The molecule has 4 nitrogen and oxygen atoms in total. The number of Topliss-reactive ketones (excluding diaryl/α,β-unsaturated/α-hetero) is 1. The molecule has 24 heavy (non-hydrogen) atoms. The molecule has 0 bridgehead atoms. The molecule has 0 aliphatic carbocycles. The molecule has 0 aliphatic heterocycles. The number of nitriles is 1. The molecule has 0 aliphatic rings. The average molecular weight is 382 g/mol. The fraction of sp³-hybridized carbons (Fsp3) is 0.235. The van der Waals surface area contributed by atoms with Gasteiger partial charge in [-0.05, 0) is 23.1 Å². The molecule has 1 aromatic heterocycles. The second kappa shape index (κ2) is 8.29. The van der Waals surface area contributed by atoms with Crippen LogP contribution in [0.3, 0.4) is 0 Å². The number of ether oxygens (including phenoxy) is 1. The summed E-state index contributed by atoms with van der Waals surface area (Å²) >= 11 is 13.6. The van der Waals surface area contributed by atoms with Crippen molar-refractivity contribution in [1.82, 2.24) is 0 Å². The predicted molar refractivity (Wildman–Crippen MR) is 93.6 cm³/mol. The Balaban J connectivity index is 2.45. The molecule has 2 aromatic rings. The maximum absolute atomic E-state index is 12.5. The summed E-state index contributed by atoms with van der Waals surface area (Å²) in [6, 6.07) is 10.3. The lowest BCUT2D eigenvalue weighted by Gasteiger charge is -2.21. The van der Waals surface area contributed by atoms with E-state index in [4.69, 9.17) is 27.9 Å². The third-order valence-corrected chi connectivity index (χ3v) is 5.32. The number of ketones is 1. The molecule has 0 radical (unpaired) electrons. The first-order chi connectivity index (χ1) is 11.5. The van der Waals surface area contributed by atoms with Gasteiger partial charge in [0.15, 0.2) is 11.7 Å². The van der Waals surface area contributed by atoms with Gasteiger partial charge in [-0.2, -0.15) is 5.26 Å². The Hall–Kier alpha value is -1.87. The van der Waals surface area contributed by atoms with E-state index in [0.717, 1.165) is 0 Å². The van der Waals surface area contributed by atoms with Crippen LogP contribution in [-0.4, -0.2) is 18.9 Å². The second-order valence-electron chi connectivity index (χ2n) is 4.98. The van der Waals surface area contributed by atoms with Crippen molar-refractivity contribution in [2.24, 2.45) is 5.92 Å². The molecule has 0 saturated heterocycles. The number of rotatable bonds is 6. The van der Waals surface area contributed by atoms with Crippen LogP contribution in [0.15, 0.2) is 35.7 Å². The Morgan fingerprint density at radius 3 is 2.62 bits per heavy atom. The molecule has 0 saturated carbocycles. The van der Waals surface area contributed by atoms with Gasteiger partial charge in [-0.1, -0.05) is 41.4 Å². The van der Waals surface area contributed by atoms with Crippen LogP contribution in [0.4, 0.5) is 0 Å². The number of carbonyl (C=O) groups excluding carboxylic acids is 2. The number of hydrogen-bond donors (Lipinski definition) is 0. The minimum absolute atomic E-state index is 0.0477. The van der Waals surface area contributed by atoms with Gasteiger partial charge in [-0.3, -0.25) is 9.59 Å². The molecule has 0 fully saturated rings. The third-order valence-electron chi connectivity index (χ3n) is 3.58. The smallest absolute Gasteiger partial charge is 0.323 e. The SMILES string of the molecule is COC(=O)[C@@H](C#N)[C@H](CC(=O)c1cccs1)c1cccc(Cl)c1Cl. The van der Waals surface area contributed by atoms with Crippen molar-refractivity contribution in [2.45, 2.75) is 12.3 Å². The fourth-order valence-electron chi connectivity index (χ4n) is 2.39. The minimum atomic E-state index is -1.16. The Labute approximate surface area is 153 Å². The number of methoxy groups -OCH3 is 1. The van der Waals surface area contributed by atoms with Gasteiger partial charge < -0.3 is 4.74 Å². The number of halogens is 2. The summed E-state index contributed by atoms with van der Waals surface area (Å²) < 4.78 is 4.70. The highest BCUT2D eigenvalue weighted by Crippen LogP contribution is 2.38. The quantitative estimate of drug-likeness (QED) is 0.535. The van der Waals surface area contributed by atoms with E-state index in [0.29, 0.717) is 15.5 Å². The van der Waals surface area contributed by atoms with Crippen molar-refractivity contribution in [2.75, 3.05) is 7.11 Å². The molecule has 1 aromatic carbocycles. The molecule has 0 unspecified atom stereocenters. The second-order valence-corrected chi connectivity index (χ2v) is 6.72. The standard InChI is InChI=1S/C17H13Cl2NO3S/c1-23-17(22)12(9-20)11(8-14(21)15-6-3-7-24-15)10-4-2-5-13(18)16(10)19/h2-7,11-12H,8H2,1H3/t11-,12+/m1/s1. The molecule has 7 heteroatoms. The average Bonchev–Trinajstić information content (AvgIpc) is 3.11. The normalized spacial score (nSPS) is 12.9. The van der Waals surface area contributed by atoms with Gasteiger partial charge in [-0.15, -0.1) is 11.3 Å². The molecule has 1 heterocycles. The van der Waals surface area contributed by atoms with Crippen molar-refractivity contribution in [3.63, 3.8) is 0 Å². The molecule has 124 valence electrons. The lowest BCUT2D eigenvalue weighted by Crippen LogP contribution is -2.24. The van der Waals surface area contributed by atoms with Gasteiger partial charge in [0.2, 0.25) is 0 Å². The van der Waals surface area contributed by atoms with Crippen LogP contribution < -0.4 is 0 Å². The van der Waals surface area contributed by atoms with Gasteiger partial charge >= 0.3 is 5.97 Å². The zero-order chi connectivity index (χ0) is 17.7. The maximum atomic E-state index is 12.5. The van der Waals surface area contributed by atoms with E-state index in [1.807, 2.05) is 6.07 Å². The lowest BCUT2D eigenvalue weighted by molar-refractivity contribution is -0.144. The predicted octanol–water partition coefficient (Wildman–Crippen LogP) is 4.72. The topological polar surface area (TPSA) is 67.2 Å². The zero-order valence-electron chi connectivity index (χ0n) is 12.7. The summed E-state index contributed by atoms with van der Waals surface area (Å²) in [6.45, 7) is 0. The summed E-state index contributed by atoms with van der Waals surface area (Å²) in [5.41, 5.74) is 0.478. The number of hydrogen-bond acceptors (Lipinski definition) is 5. The minimum Gasteiger partial charge on any atom is -0.468 e. The largest absolute Gasteiger partial charge is 0.468 e. The molecular weight excluding hydrogens is 369 g/mol.